The van der Waals surface area contributed by atoms with Gasteiger partial charge in [-0.3, -0.25) is 14.2 Å². The molecule has 1 amide bonds. The van der Waals surface area contributed by atoms with E-state index in [0.717, 1.165) is 23.5 Å². The molecule has 0 atom stereocenters. The molecule has 9 nitrogen and oxygen atoms in total. The molecule has 0 bridgehead atoms. The normalized spacial score (nSPS) is 11.3. The molecule has 172 valence electrons. The first-order valence-electron chi connectivity index (χ1n) is 10.6. The third-order valence-electron chi connectivity index (χ3n) is 5.53. The lowest BCUT2D eigenvalue weighted by molar-refractivity contribution is 0.102. The van der Waals surface area contributed by atoms with Crippen LogP contribution in [0.3, 0.4) is 0 Å². The lowest BCUT2D eigenvalue weighted by Crippen LogP contribution is -2.14. The molecule has 4 aromatic heterocycles. The van der Waals surface area contributed by atoms with E-state index >= 15 is 0 Å². The third-order valence-corrected chi connectivity index (χ3v) is 5.89. The van der Waals surface area contributed by atoms with Gasteiger partial charge in [-0.2, -0.15) is 15.3 Å². The van der Waals surface area contributed by atoms with E-state index in [9.17, 15) is 9.18 Å². The van der Waals surface area contributed by atoms with Crippen LogP contribution in [0.1, 0.15) is 28.7 Å². The monoisotopic (exact) mass is 478 g/mol. The molecule has 0 saturated heterocycles. The van der Waals surface area contributed by atoms with Gasteiger partial charge in [-0.1, -0.05) is 17.7 Å². The van der Waals surface area contributed by atoms with E-state index in [-0.39, 0.29) is 12.2 Å². The summed E-state index contributed by atoms with van der Waals surface area (Å²) in [5.41, 5.74) is 3.74. The van der Waals surface area contributed by atoms with Crippen molar-refractivity contribution in [2.24, 2.45) is 0 Å². The highest BCUT2D eigenvalue weighted by molar-refractivity contribution is 6.31. The maximum Gasteiger partial charge on any atom is 0.277 e. The summed E-state index contributed by atoms with van der Waals surface area (Å²) in [6, 6.07) is 9.56. The molecule has 5 rings (SSSR count). The molecule has 11 heteroatoms. The lowest BCUT2D eigenvalue weighted by Gasteiger charge is -2.06. The van der Waals surface area contributed by atoms with Gasteiger partial charge >= 0.3 is 0 Å². The van der Waals surface area contributed by atoms with Crippen LogP contribution in [0, 0.1) is 12.7 Å². The van der Waals surface area contributed by atoms with Crippen LogP contribution in [-0.4, -0.2) is 40.1 Å². The van der Waals surface area contributed by atoms with E-state index in [0.29, 0.717) is 22.1 Å². The zero-order chi connectivity index (χ0) is 23.8. The van der Waals surface area contributed by atoms with Gasteiger partial charge in [0.2, 0.25) is 0 Å². The summed E-state index contributed by atoms with van der Waals surface area (Å²) in [7, 11) is 0. The van der Waals surface area contributed by atoms with Gasteiger partial charge in [-0.25, -0.2) is 13.9 Å². The van der Waals surface area contributed by atoms with Gasteiger partial charge in [0, 0.05) is 52.9 Å². The van der Waals surface area contributed by atoms with Crippen molar-refractivity contribution in [3.8, 4) is 11.3 Å². The minimum absolute atomic E-state index is 0.133. The van der Waals surface area contributed by atoms with Crippen LogP contribution in [0.4, 0.5) is 10.2 Å². The zero-order valence-electron chi connectivity index (χ0n) is 18.4. The predicted octanol–water partition coefficient (Wildman–Crippen LogP) is 4.21. The van der Waals surface area contributed by atoms with Gasteiger partial charge in [-0.05, 0) is 32.0 Å². The number of fused-ring (bicyclic) bond motifs is 1. The highest BCUT2D eigenvalue weighted by atomic mass is 35.5. The molecule has 0 aliphatic rings. The van der Waals surface area contributed by atoms with Gasteiger partial charge in [0.1, 0.15) is 5.82 Å². The van der Waals surface area contributed by atoms with Crippen LogP contribution in [0.15, 0.2) is 55.0 Å². The van der Waals surface area contributed by atoms with Crippen LogP contribution in [-0.2, 0) is 13.1 Å². The molecular weight excluding hydrogens is 459 g/mol. The number of carbonyl (C=O) groups excluding carboxylic acids is 1. The van der Waals surface area contributed by atoms with Crippen molar-refractivity contribution in [1.82, 2.24) is 34.2 Å². The number of hydrogen-bond donors (Lipinski definition) is 1. The maximum absolute atomic E-state index is 14.1. The van der Waals surface area contributed by atoms with Crippen LogP contribution in [0.25, 0.3) is 16.9 Å². The molecule has 1 aromatic carbocycles. The van der Waals surface area contributed by atoms with Crippen molar-refractivity contribution in [3.05, 3.63) is 82.8 Å². The highest BCUT2D eigenvalue weighted by Crippen LogP contribution is 2.24. The summed E-state index contributed by atoms with van der Waals surface area (Å²) in [6.07, 6.45) is 5.09. The van der Waals surface area contributed by atoms with Crippen LogP contribution >= 0.6 is 11.6 Å². The Balaban J connectivity index is 1.38. The van der Waals surface area contributed by atoms with E-state index in [1.165, 1.54) is 10.7 Å². The number of anilines is 1. The summed E-state index contributed by atoms with van der Waals surface area (Å²) in [4.78, 5) is 17.2. The Morgan fingerprint density at radius 2 is 2.06 bits per heavy atom. The number of halogens is 2. The van der Waals surface area contributed by atoms with Crippen LogP contribution < -0.4 is 5.32 Å². The number of aromatic nitrogens is 7. The highest BCUT2D eigenvalue weighted by Gasteiger charge is 2.17. The van der Waals surface area contributed by atoms with E-state index in [4.69, 9.17) is 11.6 Å². The molecule has 1 N–H and O–H groups in total. The molecule has 0 fully saturated rings. The number of amides is 1. The molecule has 4 heterocycles. The van der Waals surface area contributed by atoms with Crippen molar-refractivity contribution >= 4 is 29.0 Å². The quantitative estimate of drug-likeness (QED) is 0.394. The number of aryl methyl sites for hydroxylation is 1. The number of hydrogen-bond acceptors (Lipinski definition) is 5. The minimum Gasteiger partial charge on any atom is -0.304 e. The van der Waals surface area contributed by atoms with Crippen molar-refractivity contribution in [3.63, 3.8) is 0 Å². The Hall–Kier alpha value is -4.05. The van der Waals surface area contributed by atoms with E-state index < -0.39 is 11.7 Å². The topological polar surface area (TPSA) is 94.9 Å². The largest absolute Gasteiger partial charge is 0.304 e. The van der Waals surface area contributed by atoms with Gasteiger partial charge in [0.25, 0.3) is 5.91 Å². The summed E-state index contributed by atoms with van der Waals surface area (Å²) < 4.78 is 19.1. The van der Waals surface area contributed by atoms with Crippen LogP contribution in [0.2, 0.25) is 5.02 Å². The Morgan fingerprint density at radius 1 is 1.21 bits per heavy atom. The third kappa shape index (κ3) is 3.92. The second kappa shape index (κ2) is 8.71. The van der Waals surface area contributed by atoms with Gasteiger partial charge in [0.15, 0.2) is 17.2 Å². The van der Waals surface area contributed by atoms with Crippen molar-refractivity contribution in [2.45, 2.75) is 26.9 Å². The van der Waals surface area contributed by atoms with E-state index in [2.05, 4.69) is 25.6 Å². The molecule has 34 heavy (non-hydrogen) atoms. The fourth-order valence-corrected chi connectivity index (χ4v) is 3.99. The number of nitrogens with zero attached hydrogens (tertiary/aromatic N) is 7. The fraction of sp³-hybridized carbons (Fsp3) is 0.174. The molecule has 0 saturated carbocycles. The lowest BCUT2D eigenvalue weighted by atomic mass is 10.2. The standard InChI is InChI=1S/C23H20ClFN8O/c1-3-32-14(2)15(12-27-32)20-7-9-26-22-11-19(29-33(20)22)23(34)28-21-8-10-31(30-21)13-16-17(24)5-4-6-18(16)25/h4-12H,3,13H2,1-2H3,(H,28,30,34). The molecule has 0 unspecified atom stereocenters. The van der Waals surface area contributed by atoms with Crippen molar-refractivity contribution in [1.29, 1.82) is 0 Å². The number of nitrogens with one attached hydrogen (secondary N) is 1. The second-order valence-electron chi connectivity index (χ2n) is 7.64. The Morgan fingerprint density at radius 3 is 2.82 bits per heavy atom. The minimum atomic E-state index is -0.438. The Labute approximate surface area is 198 Å². The molecule has 5 aromatic rings. The molecule has 0 spiro atoms. The number of carbonyl (C=O) groups is 1. The summed E-state index contributed by atoms with van der Waals surface area (Å²) in [6.45, 7) is 4.89. The zero-order valence-corrected chi connectivity index (χ0v) is 19.2. The van der Waals surface area contributed by atoms with E-state index in [1.54, 1.807) is 47.4 Å². The second-order valence-corrected chi connectivity index (χ2v) is 8.05. The predicted molar refractivity (Wildman–Crippen MR) is 125 cm³/mol. The Bertz CT molecular complexity index is 1500. The first-order chi connectivity index (χ1) is 16.4. The number of rotatable bonds is 6. The average Bonchev–Trinajstić information content (AvgIpc) is 3.54. The molecule has 0 aliphatic heterocycles. The SMILES string of the molecule is CCn1ncc(-c2ccnc3cc(C(=O)Nc4ccn(Cc5c(F)cccc5Cl)n4)nn23)c1C. The molecule has 0 radical (unpaired) electrons. The first kappa shape index (κ1) is 21.8. The van der Waals surface area contributed by atoms with Crippen LogP contribution in [0.5, 0.6) is 0 Å². The molecular formula is C23H20ClFN8O. The molecule has 0 aliphatic carbocycles. The first-order valence-corrected chi connectivity index (χ1v) is 11.0. The number of benzene rings is 1. The average molecular weight is 479 g/mol. The summed E-state index contributed by atoms with van der Waals surface area (Å²) in [5.74, 6) is -0.546. The summed E-state index contributed by atoms with van der Waals surface area (Å²) in [5, 5.41) is 16.2. The van der Waals surface area contributed by atoms with Crippen molar-refractivity contribution < 1.29 is 9.18 Å². The maximum atomic E-state index is 14.1. The van der Waals surface area contributed by atoms with Gasteiger partial charge < -0.3 is 5.32 Å². The van der Waals surface area contributed by atoms with Gasteiger partial charge in [0.05, 0.1) is 18.4 Å². The van der Waals surface area contributed by atoms with E-state index in [1.807, 2.05) is 24.6 Å². The Kier molecular flexibility index (Phi) is 5.58. The fourth-order valence-electron chi connectivity index (χ4n) is 3.77. The van der Waals surface area contributed by atoms with Gasteiger partial charge in [-0.15, -0.1) is 0 Å². The van der Waals surface area contributed by atoms with Crippen molar-refractivity contribution in [2.75, 3.05) is 5.32 Å². The smallest absolute Gasteiger partial charge is 0.277 e. The summed E-state index contributed by atoms with van der Waals surface area (Å²) >= 11 is 6.09.